The molecule has 0 aliphatic carbocycles. The quantitative estimate of drug-likeness (QED) is 0.764. The van der Waals surface area contributed by atoms with Gasteiger partial charge in [-0.15, -0.1) is 0 Å². The van der Waals surface area contributed by atoms with E-state index in [1.54, 1.807) is 4.68 Å². The lowest BCUT2D eigenvalue weighted by Gasteiger charge is -2.02. The Morgan fingerprint density at radius 3 is 2.94 bits per heavy atom. The molecular formula is C9H13N5O2S. The summed E-state index contributed by atoms with van der Waals surface area (Å²) in [6.07, 6.45) is 4.96. The lowest BCUT2D eigenvalue weighted by molar-refractivity contribution is 0.578. The Hall–Kier alpha value is -1.67. The van der Waals surface area contributed by atoms with E-state index in [1.165, 1.54) is 12.5 Å². The van der Waals surface area contributed by atoms with E-state index in [-0.39, 0.29) is 5.03 Å². The maximum Gasteiger partial charge on any atom is 0.257 e. The number of nitrogens with one attached hydrogen (secondary N) is 2. The van der Waals surface area contributed by atoms with Gasteiger partial charge in [0.2, 0.25) is 0 Å². The normalized spacial score (nSPS) is 11.8. The smallest absolute Gasteiger partial charge is 0.257 e. The fraction of sp³-hybridized carbons (Fsp3) is 0.333. The molecule has 2 rings (SSSR count). The predicted molar refractivity (Wildman–Crippen MR) is 60.7 cm³/mol. The summed E-state index contributed by atoms with van der Waals surface area (Å²) in [5.41, 5.74) is 0.847. The van der Waals surface area contributed by atoms with Crippen LogP contribution in [0.5, 0.6) is 0 Å². The topological polar surface area (TPSA) is 92.7 Å². The van der Waals surface area contributed by atoms with Crippen molar-refractivity contribution in [3.8, 4) is 0 Å². The van der Waals surface area contributed by atoms with E-state index in [4.69, 9.17) is 0 Å². The highest BCUT2D eigenvalue weighted by Crippen LogP contribution is 2.02. The summed E-state index contributed by atoms with van der Waals surface area (Å²) in [4.78, 5) is 6.22. The summed E-state index contributed by atoms with van der Waals surface area (Å²) in [5, 5.41) is 4.22. The summed E-state index contributed by atoms with van der Waals surface area (Å²) < 4.78 is 27.5. The first-order chi connectivity index (χ1) is 8.08. The third-order valence-electron chi connectivity index (χ3n) is 2.20. The average Bonchev–Trinajstić information content (AvgIpc) is 2.89. The van der Waals surface area contributed by atoms with Gasteiger partial charge in [0.15, 0.2) is 5.03 Å². The predicted octanol–water partition coefficient (Wildman–Crippen LogP) is -0.336. The van der Waals surface area contributed by atoms with E-state index in [2.05, 4.69) is 19.8 Å². The van der Waals surface area contributed by atoms with Crippen LogP contribution in [0.25, 0.3) is 0 Å². The van der Waals surface area contributed by atoms with Crippen molar-refractivity contribution in [1.82, 2.24) is 24.5 Å². The molecule has 92 valence electrons. The van der Waals surface area contributed by atoms with Gasteiger partial charge in [0.25, 0.3) is 10.0 Å². The summed E-state index contributed by atoms with van der Waals surface area (Å²) in [6.45, 7) is 0.304. The highest BCUT2D eigenvalue weighted by molar-refractivity contribution is 7.89. The first-order valence-corrected chi connectivity index (χ1v) is 6.53. The van der Waals surface area contributed by atoms with Gasteiger partial charge in [-0.25, -0.2) is 18.1 Å². The second-order valence-electron chi connectivity index (χ2n) is 3.54. The van der Waals surface area contributed by atoms with Gasteiger partial charge in [-0.05, 0) is 6.07 Å². The van der Waals surface area contributed by atoms with E-state index in [0.29, 0.717) is 13.0 Å². The van der Waals surface area contributed by atoms with E-state index < -0.39 is 10.0 Å². The van der Waals surface area contributed by atoms with Gasteiger partial charge >= 0.3 is 0 Å². The molecule has 0 saturated heterocycles. The SMILES string of the molecule is Cn1ccc(CCNS(=O)(=O)c2cnc[nH]2)n1. The summed E-state index contributed by atoms with van der Waals surface area (Å²) in [6, 6.07) is 1.85. The minimum atomic E-state index is -3.48. The van der Waals surface area contributed by atoms with Gasteiger partial charge in [-0.2, -0.15) is 5.10 Å². The first-order valence-electron chi connectivity index (χ1n) is 5.04. The van der Waals surface area contributed by atoms with Crippen LogP contribution < -0.4 is 4.72 Å². The number of sulfonamides is 1. The third kappa shape index (κ3) is 2.92. The summed E-state index contributed by atoms with van der Waals surface area (Å²) in [5.74, 6) is 0. The van der Waals surface area contributed by atoms with Crippen LogP contribution in [0, 0.1) is 0 Å². The Morgan fingerprint density at radius 2 is 2.35 bits per heavy atom. The van der Waals surface area contributed by atoms with Crippen LogP contribution >= 0.6 is 0 Å². The van der Waals surface area contributed by atoms with Gasteiger partial charge < -0.3 is 4.98 Å². The van der Waals surface area contributed by atoms with Gasteiger partial charge in [0.1, 0.15) is 0 Å². The molecule has 0 saturated carbocycles. The van der Waals surface area contributed by atoms with Crippen molar-refractivity contribution in [2.24, 2.45) is 7.05 Å². The van der Waals surface area contributed by atoms with Crippen LogP contribution in [0.2, 0.25) is 0 Å². The minimum Gasteiger partial charge on any atom is -0.335 e. The number of aromatic amines is 1. The van der Waals surface area contributed by atoms with Crippen LogP contribution in [-0.4, -0.2) is 34.7 Å². The molecule has 8 heteroatoms. The molecule has 0 amide bonds. The fourth-order valence-electron chi connectivity index (χ4n) is 1.38. The maximum atomic E-state index is 11.7. The third-order valence-corrected chi connectivity index (χ3v) is 3.59. The Morgan fingerprint density at radius 1 is 1.53 bits per heavy atom. The molecule has 0 aliphatic heterocycles. The molecule has 2 aromatic rings. The molecule has 7 nitrogen and oxygen atoms in total. The monoisotopic (exact) mass is 255 g/mol. The van der Waals surface area contributed by atoms with Gasteiger partial charge in [-0.3, -0.25) is 4.68 Å². The zero-order valence-electron chi connectivity index (χ0n) is 9.29. The average molecular weight is 255 g/mol. The van der Waals surface area contributed by atoms with Gasteiger partial charge in [0, 0.05) is 26.2 Å². The van der Waals surface area contributed by atoms with Crippen molar-refractivity contribution >= 4 is 10.0 Å². The Balaban J connectivity index is 1.91. The number of rotatable bonds is 5. The Kier molecular flexibility index (Phi) is 3.25. The van der Waals surface area contributed by atoms with Crippen LogP contribution in [0.1, 0.15) is 5.69 Å². The van der Waals surface area contributed by atoms with Crippen molar-refractivity contribution < 1.29 is 8.42 Å². The molecule has 0 unspecified atom stereocenters. The van der Waals surface area contributed by atoms with E-state index >= 15 is 0 Å². The molecule has 0 spiro atoms. The van der Waals surface area contributed by atoms with Crippen molar-refractivity contribution in [2.45, 2.75) is 11.4 Å². The van der Waals surface area contributed by atoms with E-state index in [9.17, 15) is 8.42 Å². The lowest BCUT2D eigenvalue weighted by Crippen LogP contribution is -2.26. The molecule has 2 aromatic heterocycles. The molecule has 2 heterocycles. The molecule has 0 atom stereocenters. The van der Waals surface area contributed by atoms with Crippen LogP contribution in [0.3, 0.4) is 0 Å². The standard InChI is InChI=1S/C9H13N5O2S/c1-14-5-3-8(13-14)2-4-12-17(15,16)9-6-10-7-11-9/h3,5-7,12H,2,4H2,1H3,(H,10,11). The highest BCUT2D eigenvalue weighted by Gasteiger charge is 2.14. The minimum absolute atomic E-state index is 0.0681. The molecule has 17 heavy (non-hydrogen) atoms. The first kappa shape index (κ1) is 11.8. The largest absolute Gasteiger partial charge is 0.335 e. The molecule has 0 aliphatic rings. The molecule has 0 fully saturated rings. The van der Waals surface area contributed by atoms with Crippen LogP contribution in [0.15, 0.2) is 29.8 Å². The molecule has 2 N–H and O–H groups in total. The lowest BCUT2D eigenvalue weighted by atomic mass is 10.3. The van der Waals surface area contributed by atoms with Gasteiger partial charge in [-0.1, -0.05) is 0 Å². The number of H-pyrrole nitrogens is 1. The second kappa shape index (κ2) is 4.68. The Bertz CT molecular complexity index is 572. The molecule has 0 radical (unpaired) electrons. The van der Waals surface area contributed by atoms with Gasteiger partial charge in [0.05, 0.1) is 18.2 Å². The number of hydrogen-bond acceptors (Lipinski definition) is 4. The maximum absolute atomic E-state index is 11.7. The van der Waals surface area contributed by atoms with Crippen LogP contribution in [0.4, 0.5) is 0 Å². The number of nitrogens with zero attached hydrogens (tertiary/aromatic N) is 3. The highest BCUT2D eigenvalue weighted by atomic mass is 32.2. The van der Waals surface area contributed by atoms with Crippen molar-refractivity contribution in [2.75, 3.05) is 6.54 Å². The van der Waals surface area contributed by atoms with Crippen molar-refractivity contribution in [3.63, 3.8) is 0 Å². The zero-order chi connectivity index (χ0) is 12.3. The number of imidazole rings is 1. The van der Waals surface area contributed by atoms with E-state index in [0.717, 1.165) is 5.69 Å². The van der Waals surface area contributed by atoms with Crippen molar-refractivity contribution in [3.05, 3.63) is 30.5 Å². The fourth-order valence-corrected chi connectivity index (χ4v) is 2.31. The number of aromatic nitrogens is 4. The molecular weight excluding hydrogens is 242 g/mol. The van der Waals surface area contributed by atoms with Crippen LogP contribution in [-0.2, 0) is 23.5 Å². The molecule has 0 aromatic carbocycles. The zero-order valence-corrected chi connectivity index (χ0v) is 10.1. The number of aryl methyl sites for hydroxylation is 1. The van der Waals surface area contributed by atoms with E-state index in [1.807, 2.05) is 19.3 Å². The Labute approximate surface area is 98.9 Å². The second-order valence-corrected chi connectivity index (χ2v) is 5.28. The summed E-state index contributed by atoms with van der Waals surface area (Å²) >= 11 is 0. The van der Waals surface area contributed by atoms with Crippen molar-refractivity contribution in [1.29, 1.82) is 0 Å². The number of hydrogen-bond donors (Lipinski definition) is 2. The molecule has 0 bridgehead atoms. The summed E-state index contributed by atoms with van der Waals surface area (Å²) in [7, 11) is -1.67.